The second-order valence-electron chi connectivity index (χ2n) is 5.30. The third kappa shape index (κ3) is 4.09. The Balaban J connectivity index is 2.38. The number of ether oxygens (including phenoxy) is 1. The van der Waals surface area contributed by atoms with Crippen LogP contribution < -0.4 is 0 Å². The van der Waals surface area contributed by atoms with Crippen molar-refractivity contribution in [3.63, 3.8) is 0 Å². The monoisotopic (exact) mass is 215 g/mol. The van der Waals surface area contributed by atoms with Gasteiger partial charge in [0.25, 0.3) is 0 Å². The van der Waals surface area contributed by atoms with E-state index in [0.717, 1.165) is 32.7 Å². The van der Waals surface area contributed by atoms with Crippen LogP contribution >= 0.6 is 0 Å². The molecule has 2 atom stereocenters. The summed E-state index contributed by atoms with van der Waals surface area (Å²) in [7, 11) is 0. The maximum Gasteiger partial charge on any atom is 0.0753 e. The van der Waals surface area contributed by atoms with E-state index in [4.69, 9.17) is 4.74 Å². The van der Waals surface area contributed by atoms with Crippen LogP contribution in [0.1, 0.15) is 34.1 Å². The van der Waals surface area contributed by atoms with Crippen LogP contribution in [0.2, 0.25) is 0 Å². The standard InChI is InChI=1S/C12H25NO2/c1-5-10(2)11(14)8-13-6-7-15-12(3,4)9-13/h10-11,14H,5-9H2,1-4H3. The van der Waals surface area contributed by atoms with Gasteiger partial charge in [-0.25, -0.2) is 0 Å². The number of aliphatic hydroxyl groups excluding tert-OH is 1. The lowest BCUT2D eigenvalue weighted by Gasteiger charge is -2.39. The fraction of sp³-hybridized carbons (Fsp3) is 1.00. The Kier molecular flexibility index (Phi) is 4.56. The molecule has 1 fully saturated rings. The van der Waals surface area contributed by atoms with Gasteiger partial charge in [0.2, 0.25) is 0 Å². The van der Waals surface area contributed by atoms with Crippen LogP contribution in [0.5, 0.6) is 0 Å². The van der Waals surface area contributed by atoms with E-state index >= 15 is 0 Å². The number of morpholine rings is 1. The fourth-order valence-electron chi connectivity index (χ4n) is 1.99. The average molecular weight is 215 g/mol. The number of hydrogen-bond donors (Lipinski definition) is 1. The molecule has 1 saturated heterocycles. The van der Waals surface area contributed by atoms with E-state index in [0.29, 0.717) is 5.92 Å². The van der Waals surface area contributed by atoms with E-state index in [1.165, 1.54) is 0 Å². The summed E-state index contributed by atoms with van der Waals surface area (Å²) >= 11 is 0. The van der Waals surface area contributed by atoms with Crippen LogP contribution in [0.15, 0.2) is 0 Å². The van der Waals surface area contributed by atoms with E-state index in [1.54, 1.807) is 0 Å². The van der Waals surface area contributed by atoms with Crippen molar-refractivity contribution in [1.82, 2.24) is 4.90 Å². The lowest BCUT2D eigenvalue weighted by Crippen LogP contribution is -2.51. The van der Waals surface area contributed by atoms with Gasteiger partial charge in [-0.1, -0.05) is 20.3 Å². The molecule has 1 aliphatic heterocycles. The summed E-state index contributed by atoms with van der Waals surface area (Å²) in [4.78, 5) is 2.31. The highest BCUT2D eigenvalue weighted by Gasteiger charge is 2.28. The minimum Gasteiger partial charge on any atom is -0.392 e. The summed E-state index contributed by atoms with van der Waals surface area (Å²) < 4.78 is 5.64. The van der Waals surface area contributed by atoms with Crippen LogP contribution in [0.25, 0.3) is 0 Å². The van der Waals surface area contributed by atoms with Gasteiger partial charge in [-0.2, -0.15) is 0 Å². The van der Waals surface area contributed by atoms with Crippen molar-refractivity contribution in [3.05, 3.63) is 0 Å². The van der Waals surface area contributed by atoms with E-state index in [-0.39, 0.29) is 11.7 Å². The Morgan fingerprint density at radius 1 is 1.47 bits per heavy atom. The molecular formula is C12H25NO2. The molecule has 0 aromatic heterocycles. The van der Waals surface area contributed by atoms with Crippen molar-refractivity contribution < 1.29 is 9.84 Å². The van der Waals surface area contributed by atoms with Gasteiger partial charge in [0.15, 0.2) is 0 Å². The summed E-state index contributed by atoms with van der Waals surface area (Å²) in [5.74, 6) is 0.385. The summed E-state index contributed by atoms with van der Waals surface area (Å²) in [5.41, 5.74) is -0.0621. The van der Waals surface area contributed by atoms with Gasteiger partial charge in [-0.3, -0.25) is 4.90 Å². The van der Waals surface area contributed by atoms with E-state index < -0.39 is 0 Å². The molecule has 0 aromatic rings. The molecule has 0 spiro atoms. The predicted molar refractivity (Wildman–Crippen MR) is 61.9 cm³/mol. The molecule has 0 radical (unpaired) electrons. The third-order valence-corrected chi connectivity index (χ3v) is 3.25. The average Bonchev–Trinajstić information content (AvgIpc) is 2.14. The maximum atomic E-state index is 9.96. The van der Waals surface area contributed by atoms with Gasteiger partial charge in [0, 0.05) is 19.6 Å². The molecule has 15 heavy (non-hydrogen) atoms. The number of aliphatic hydroxyl groups is 1. The second kappa shape index (κ2) is 5.28. The highest BCUT2D eigenvalue weighted by molar-refractivity contribution is 4.81. The van der Waals surface area contributed by atoms with Gasteiger partial charge in [0.1, 0.15) is 0 Å². The zero-order valence-corrected chi connectivity index (χ0v) is 10.5. The predicted octanol–water partition coefficient (Wildman–Crippen LogP) is 1.50. The Morgan fingerprint density at radius 2 is 2.13 bits per heavy atom. The van der Waals surface area contributed by atoms with Crippen molar-refractivity contribution in [3.8, 4) is 0 Å². The lowest BCUT2D eigenvalue weighted by atomic mass is 10.0. The summed E-state index contributed by atoms with van der Waals surface area (Å²) in [5, 5.41) is 9.96. The Hall–Kier alpha value is -0.120. The van der Waals surface area contributed by atoms with Crippen molar-refractivity contribution in [2.45, 2.75) is 45.8 Å². The van der Waals surface area contributed by atoms with Gasteiger partial charge < -0.3 is 9.84 Å². The second-order valence-corrected chi connectivity index (χ2v) is 5.30. The highest BCUT2D eigenvalue weighted by Crippen LogP contribution is 2.18. The number of hydrogen-bond acceptors (Lipinski definition) is 3. The zero-order chi connectivity index (χ0) is 11.5. The van der Waals surface area contributed by atoms with Gasteiger partial charge in [0.05, 0.1) is 18.3 Å². The van der Waals surface area contributed by atoms with Crippen LogP contribution in [-0.2, 0) is 4.74 Å². The molecule has 1 aliphatic rings. The molecule has 2 unspecified atom stereocenters. The first-order valence-corrected chi connectivity index (χ1v) is 5.99. The minimum atomic E-state index is -0.205. The first kappa shape index (κ1) is 12.9. The Labute approximate surface area is 93.4 Å². The van der Waals surface area contributed by atoms with Crippen LogP contribution in [0, 0.1) is 5.92 Å². The Bertz CT molecular complexity index is 194. The molecule has 90 valence electrons. The molecule has 1 N–H and O–H groups in total. The smallest absolute Gasteiger partial charge is 0.0753 e. The molecule has 0 saturated carbocycles. The highest BCUT2D eigenvalue weighted by atomic mass is 16.5. The first-order chi connectivity index (χ1) is 6.94. The summed E-state index contributed by atoms with van der Waals surface area (Å²) in [6, 6.07) is 0. The maximum absolute atomic E-state index is 9.96. The zero-order valence-electron chi connectivity index (χ0n) is 10.5. The van der Waals surface area contributed by atoms with Crippen molar-refractivity contribution in [2.24, 2.45) is 5.92 Å². The molecule has 0 bridgehead atoms. The SMILES string of the molecule is CCC(C)C(O)CN1CCOC(C)(C)C1. The molecule has 0 aliphatic carbocycles. The number of rotatable bonds is 4. The van der Waals surface area contributed by atoms with Crippen molar-refractivity contribution >= 4 is 0 Å². The van der Waals surface area contributed by atoms with Crippen molar-refractivity contribution in [1.29, 1.82) is 0 Å². The summed E-state index contributed by atoms with van der Waals surface area (Å²) in [6.45, 7) is 11.9. The van der Waals surface area contributed by atoms with Crippen molar-refractivity contribution in [2.75, 3.05) is 26.2 Å². The van der Waals surface area contributed by atoms with Crippen LogP contribution in [0.4, 0.5) is 0 Å². The Morgan fingerprint density at radius 3 is 2.67 bits per heavy atom. The molecule has 3 nitrogen and oxygen atoms in total. The van der Waals surface area contributed by atoms with Crippen LogP contribution in [-0.4, -0.2) is 48.0 Å². The molecular weight excluding hydrogens is 190 g/mol. The van der Waals surface area contributed by atoms with E-state index in [1.807, 2.05) is 0 Å². The van der Waals surface area contributed by atoms with Gasteiger partial charge >= 0.3 is 0 Å². The quantitative estimate of drug-likeness (QED) is 0.771. The lowest BCUT2D eigenvalue weighted by molar-refractivity contribution is -0.0957. The normalized spacial score (nSPS) is 26.2. The van der Waals surface area contributed by atoms with E-state index in [2.05, 4.69) is 32.6 Å². The number of β-amino-alcohol motifs (C(OH)–C–C–N with tert-alkyl or cyclic N) is 1. The number of nitrogens with zero attached hydrogens (tertiary/aromatic N) is 1. The largest absolute Gasteiger partial charge is 0.392 e. The molecule has 1 rings (SSSR count). The van der Waals surface area contributed by atoms with Crippen LogP contribution in [0.3, 0.4) is 0 Å². The van der Waals surface area contributed by atoms with Gasteiger partial charge in [-0.05, 0) is 19.8 Å². The third-order valence-electron chi connectivity index (χ3n) is 3.25. The molecule has 0 amide bonds. The minimum absolute atomic E-state index is 0.0621. The fourth-order valence-corrected chi connectivity index (χ4v) is 1.99. The first-order valence-electron chi connectivity index (χ1n) is 5.99. The van der Waals surface area contributed by atoms with E-state index in [9.17, 15) is 5.11 Å². The molecule has 3 heteroatoms. The molecule has 1 heterocycles. The van der Waals surface area contributed by atoms with Gasteiger partial charge in [-0.15, -0.1) is 0 Å². The molecule has 0 aromatic carbocycles. The topological polar surface area (TPSA) is 32.7 Å². The summed E-state index contributed by atoms with van der Waals surface area (Å²) in [6.07, 6.45) is 0.832.